The van der Waals surface area contributed by atoms with Crippen molar-refractivity contribution in [3.05, 3.63) is 54.2 Å². The summed E-state index contributed by atoms with van der Waals surface area (Å²) < 4.78 is 4.32. The highest BCUT2D eigenvalue weighted by Crippen LogP contribution is 2.48. The molecule has 2 aliphatic rings. The Morgan fingerprint density at radius 2 is 1.52 bits per heavy atom. The maximum atomic E-state index is 11.2. The second-order valence-electron chi connectivity index (χ2n) is 12.0. The quantitative estimate of drug-likeness (QED) is 0.269. The van der Waals surface area contributed by atoms with Crippen molar-refractivity contribution in [2.24, 2.45) is 0 Å². The number of fused-ring (bicyclic) bond motifs is 9. The van der Waals surface area contributed by atoms with Gasteiger partial charge in [-0.1, -0.05) is 24.3 Å². The van der Waals surface area contributed by atoms with E-state index in [1.165, 1.54) is 18.4 Å². The summed E-state index contributed by atoms with van der Waals surface area (Å²) in [7, 11) is 4.42. The SMILES string of the molecule is CN1CCC(N(C)Cc2ccc3c(c2)c2c4c(O)[nH]cc4c4c5ccccc5n5c4c2n3CC(O)C(O)C5)CC1. The van der Waals surface area contributed by atoms with Gasteiger partial charge in [0.15, 0.2) is 5.88 Å². The summed E-state index contributed by atoms with van der Waals surface area (Å²) in [6.45, 7) is 3.69. The van der Waals surface area contributed by atoms with Crippen LogP contribution < -0.4 is 0 Å². The minimum atomic E-state index is -0.922. The van der Waals surface area contributed by atoms with Crippen molar-refractivity contribution in [3.8, 4) is 5.88 Å². The predicted molar refractivity (Wildman–Crippen MR) is 160 cm³/mol. The van der Waals surface area contributed by atoms with Gasteiger partial charge in [-0.25, -0.2) is 0 Å². The van der Waals surface area contributed by atoms with E-state index in [4.69, 9.17) is 0 Å². The lowest BCUT2D eigenvalue weighted by Crippen LogP contribution is -2.41. The summed E-state index contributed by atoms with van der Waals surface area (Å²) in [4.78, 5) is 7.97. The number of para-hydroxylation sites is 1. The molecule has 8 nitrogen and oxygen atoms in total. The number of aliphatic hydroxyl groups excluding tert-OH is 2. The number of H-pyrrole nitrogens is 1. The third-order valence-electron chi connectivity index (χ3n) is 9.63. The van der Waals surface area contributed by atoms with Crippen LogP contribution in [-0.4, -0.2) is 84.7 Å². The topological polar surface area (TPSA) is 92.8 Å². The Labute approximate surface area is 231 Å². The van der Waals surface area contributed by atoms with Crippen LogP contribution in [0.5, 0.6) is 5.88 Å². The average Bonchev–Trinajstić information content (AvgIpc) is 3.58. The highest BCUT2D eigenvalue weighted by Gasteiger charge is 2.31. The lowest BCUT2D eigenvalue weighted by Gasteiger charge is -2.35. The molecule has 0 saturated carbocycles. The van der Waals surface area contributed by atoms with Crippen LogP contribution >= 0.6 is 0 Å². The van der Waals surface area contributed by atoms with Gasteiger partial charge in [0.05, 0.1) is 41.7 Å². The van der Waals surface area contributed by atoms with Gasteiger partial charge in [0.25, 0.3) is 0 Å². The molecular weight excluding hydrogens is 502 g/mol. The van der Waals surface area contributed by atoms with Crippen molar-refractivity contribution in [2.75, 3.05) is 27.2 Å². The number of nitrogens with one attached hydrogen (secondary N) is 1. The van der Waals surface area contributed by atoms with Gasteiger partial charge >= 0.3 is 0 Å². The molecule has 0 amide bonds. The van der Waals surface area contributed by atoms with Gasteiger partial charge in [-0.2, -0.15) is 0 Å². The Balaban J connectivity index is 1.43. The monoisotopic (exact) mass is 537 g/mol. The molecule has 0 spiro atoms. The number of piperidine rings is 1. The Bertz CT molecular complexity index is 1940. The molecule has 0 bridgehead atoms. The molecule has 3 aromatic carbocycles. The van der Waals surface area contributed by atoms with E-state index in [0.29, 0.717) is 12.6 Å². The summed E-state index contributed by atoms with van der Waals surface area (Å²) in [5.41, 5.74) is 5.27. The van der Waals surface area contributed by atoms with Gasteiger partial charge in [0, 0.05) is 56.7 Å². The van der Waals surface area contributed by atoms with Crippen molar-refractivity contribution in [2.45, 2.75) is 50.7 Å². The normalized spacial score (nSPS) is 21.1. The van der Waals surface area contributed by atoms with Crippen molar-refractivity contribution in [1.82, 2.24) is 23.9 Å². The molecule has 5 heterocycles. The fourth-order valence-corrected chi connectivity index (χ4v) is 7.53. The summed E-state index contributed by atoms with van der Waals surface area (Å²) >= 11 is 0. The molecule has 2 atom stereocenters. The Hall–Kier alpha value is -3.56. The van der Waals surface area contributed by atoms with E-state index < -0.39 is 12.2 Å². The van der Waals surface area contributed by atoms with Crippen LogP contribution in [0.25, 0.3) is 54.4 Å². The first-order valence-electron chi connectivity index (χ1n) is 14.3. The first kappa shape index (κ1) is 24.3. The highest BCUT2D eigenvalue weighted by atomic mass is 16.3. The zero-order valence-electron chi connectivity index (χ0n) is 22.9. The third-order valence-corrected chi connectivity index (χ3v) is 9.63. The molecule has 8 heteroatoms. The molecule has 1 fully saturated rings. The molecule has 206 valence electrons. The fourth-order valence-electron chi connectivity index (χ4n) is 7.53. The molecule has 1 saturated heterocycles. The van der Waals surface area contributed by atoms with Crippen LogP contribution in [-0.2, 0) is 19.6 Å². The van der Waals surface area contributed by atoms with Crippen molar-refractivity contribution < 1.29 is 15.3 Å². The number of likely N-dealkylation sites (tertiary alicyclic amines) is 1. The number of hydrogen-bond donors (Lipinski definition) is 4. The number of aromatic nitrogens is 3. The van der Waals surface area contributed by atoms with Crippen LogP contribution in [0.1, 0.15) is 18.4 Å². The van der Waals surface area contributed by atoms with Crippen LogP contribution in [0.4, 0.5) is 0 Å². The smallest absolute Gasteiger partial charge is 0.197 e. The predicted octanol–water partition coefficient (Wildman–Crippen LogP) is 4.35. The van der Waals surface area contributed by atoms with E-state index in [0.717, 1.165) is 74.0 Å². The van der Waals surface area contributed by atoms with E-state index in [9.17, 15) is 15.3 Å². The van der Waals surface area contributed by atoms with Crippen LogP contribution in [0.2, 0.25) is 0 Å². The minimum absolute atomic E-state index is 0.157. The fraction of sp³-hybridized carbons (Fsp3) is 0.375. The zero-order valence-corrected chi connectivity index (χ0v) is 22.9. The molecule has 2 unspecified atom stereocenters. The number of aliphatic hydroxyl groups is 2. The highest BCUT2D eigenvalue weighted by molar-refractivity contribution is 6.36. The van der Waals surface area contributed by atoms with Crippen molar-refractivity contribution in [3.63, 3.8) is 0 Å². The molecular formula is C32H35N5O3. The number of nitrogens with zero attached hydrogens (tertiary/aromatic N) is 4. The zero-order chi connectivity index (χ0) is 27.3. The molecule has 0 radical (unpaired) electrons. The van der Waals surface area contributed by atoms with Gasteiger partial charge in [-0.3, -0.25) is 4.90 Å². The molecule has 40 heavy (non-hydrogen) atoms. The van der Waals surface area contributed by atoms with E-state index in [1.807, 2.05) is 18.3 Å². The van der Waals surface area contributed by atoms with E-state index >= 15 is 0 Å². The van der Waals surface area contributed by atoms with E-state index in [1.54, 1.807) is 0 Å². The summed E-state index contributed by atoms with van der Waals surface area (Å²) in [5, 5.41) is 39.3. The molecule has 8 rings (SSSR count). The van der Waals surface area contributed by atoms with Crippen molar-refractivity contribution >= 4 is 54.4 Å². The largest absolute Gasteiger partial charge is 0.494 e. The molecule has 2 aliphatic heterocycles. The Morgan fingerprint density at radius 3 is 2.27 bits per heavy atom. The van der Waals surface area contributed by atoms with Crippen LogP contribution in [0.15, 0.2) is 48.7 Å². The summed E-state index contributed by atoms with van der Waals surface area (Å²) in [6, 6.07) is 15.4. The van der Waals surface area contributed by atoms with Gasteiger partial charge in [-0.15, -0.1) is 0 Å². The van der Waals surface area contributed by atoms with Gasteiger partial charge in [-0.05, 0) is 63.8 Å². The second-order valence-corrected chi connectivity index (χ2v) is 12.0. The first-order valence-corrected chi connectivity index (χ1v) is 14.3. The summed E-state index contributed by atoms with van der Waals surface area (Å²) in [6.07, 6.45) is 2.43. The average molecular weight is 538 g/mol. The summed E-state index contributed by atoms with van der Waals surface area (Å²) in [5.74, 6) is 0.157. The maximum absolute atomic E-state index is 11.2. The molecule has 6 aromatic rings. The lowest BCUT2D eigenvalue weighted by atomic mass is 10.00. The first-order chi connectivity index (χ1) is 19.4. The minimum Gasteiger partial charge on any atom is -0.494 e. The standard InChI is InChI=1S/C32H35N5O3/c1-34-11-9-19(10-12-34)35(2)15-18-7-8-24-21(13-18)28-29-22(14-33-32(29)40)27-20-5-3-4-6-23(20)36-16-25(38)26(39)17-37(24)31(28)30(27)36/h3-8,13-14,19,25-26,33,38-40H,9-12,15-17H2,1-2H3. The number of aromatic hydroxyl groups is 1. The maximum Gasteiger partial charge on any atom is 0.197 e. The van der Waals surface area contributed by atoms with Gasteiger partial charge in [0.1, 0.15) is 0 Å². The van der Waals surface area contributed by atoms with Crippen molar-refractivity contribution in [1.29, 1.82) is 0 Å². The van der Waals surface area contributed by atoms with Crippen LogP contribution in [0, 0.1) is 0 Å². The Kier molecular flexibility index (Phi) is 5.29. The molecule has 0 aliphatic carbocycles. The number of aromatic amines is 1. The second kappa shape index (κ2) is 8.72. The number of benzene rings is 3. The lowest BCUT2D eigenvalue weighted by molar-refractivity contribution is 0.00168. The van der Waals surface area contributed by atoms with E-state index in [2.05, 4.69) is 68.3 Å². The number of rotatable bonds is 3. The Morgan fingerprint density at radius 1 is 0.850 bits per heavy atom. The number of hydrogen-bond acceptors (Lipinski definition) is 5. The molecule has 4 N–H and O–H groups in total. The third kappa shape index (κ3) is 3.34. The molecule has 3 aromatic heterocycles. The van der Waals surface area contributed by atoms with Gasteiger partial charge < -0.3 is 34.3 Å². The van der Waals surface area contributed by atoms with Gasteiger partial charge in [0.2, 0.25) is 0 Å². The van der Waals surface area contributed by atoms with E-state index in [-0.39, 0.29) is 12.4 Å². The van der Waals surface area contributed by atoms with Crippen LogP contribution in [0.3, 0.4) is 0 Å².